The Morgan fingerprint density at radius 1 is 1.53 bits per heavy atom. The summed E-state index contributed by atoms with van der Waals surface area (Å²) in [7, 11) is 0. The van der Waals surface area contributed by atoms with Crippen LogP contribution in [0.3, 0.4) is 0 Å². The largest absolute Gasteiger partial charge is 0.480 e. The SMILES string of the molecule is CC(C)(NCCc1ccccn1)C(=O)O. The van der Waals surface area contributed by atoms with E-state index in [2.05, 4.69) is 10.3 Å². The molecule has 0 amide bonds. The highest BCUT2D eigenvalue weighted by molar-refractivity contribution is 5.77. The molecule has 0 atom stereocenters. The molecule has 15 heavy (non-hydrogen) atoms. The maximum Gasteiger partial charge on any atom is 0.323 e. The molecule has 2 N–H and O–H groups in total. The summed E-state index contributed by atoms with van der Waals surface area (Å²) in [6.07, 6.45) is 2.47. The van der Waals surface area contributed by atoms with Crippen LogP contribution in [0.25, 0.3) is 0 Å². The number of aromatic nitrogens is 1. The van der Waals surface area contributed by atoms with Gasteiger partial charge in [0.25, 0.3) is 0 Å². The molecule has 1 aromatic heterocycles. The molecule has 4 heteroatoms. The standard InChI is InChI=1S/C11H16N2O2/c1-11(2,10(14)15)13-8-6-9-5-3-4-7-12-9/h3-5,7,13H,6,8H2,1-2H3,(H,14,15). The number of nitrogens with one attached hydrogen (secondary N) is 1. The highest BCUT2D eigenvalue weighted by Crippen LogP contribution is 2.02. The fraction of sp³-hybridized carbons (Fsp3) is 0.455. The van der Waals surface area contributed by atoms with E-state index in [1.807, 2.05) is 18.2 Å². The van der Waals surface area contributed by atoms with Crippen LogP contribution in [-0.4, -0.2) is 28.1 Å². The fourth-order valence-electron chi connectivity index (χ4n) is 1.12. The molecule has 4 nitrogen and oxygen atoms in total. The van der Waals surface area contributed by atoms with Crippen molar-refractivity contribution in [2.24, 2.45) is 0 Å². The van der Waals surface area contributed by atoms with Crippen molar-refractivity contribution in [2.75, 3.05) is 6.54 Å². The minimum Gasteiger partial charge on any atom is -0.480 e. The van der Waals surface area contributed by atoms with Gasteiger partial charge in [-0.15, -0.1) is 0 Å². The van der Waals surface area contributed by atoms with Gasteiger partial charge in [-0.25, -0.2) is 0 Å². The average molecular weight is 208 g/mol. The first-order valence-electron chi connectivity index (χ1n) is 4.91. The Balaban J connectivity index is 2.37. The summed E-state index contributed by atoms with van der Waals surface area (Å²) in [6, 6.07) is 5.71. The van der Waals surface area contributed by atoms with E-state index < -0.39 is 11.5 Å². The first kappa shape index (κ1) is 11.7. The van der Waals surface area contributed by atoms with Crippen molar-refractivity contribution < 1.29 is 9.90 Å². The van der Waals surface area contributed by atoms with E-state index in [9.17, 15) is 4.79 Å². The van der Waals surface area contributed by atoms with E-state index in [4.69, 9.17) is 5.11 Å². The zero-order valence-electron chi connectivity index (χ0n) is 9.03. The number of pyridine rings is 1. The average Bonchev–Trinajstić information content (AvgIpc) is 2.19. The van der Waals surface area contributed by atoms with Crippen LogP contribution in [0.1, 0.15) is 19.5 Å². The highest BCUT2D eigenvalue weighted by Gasteiger charge is 2.25. The zero-order valence-corrected chi connectivity index (χ0v) is 9.03. The summed E-state index contributed by atoms with van der Waals surface area (Å²) in [5.74, 6) is -0.844. The van der Waals surface area contributed by atoms with Crippen molar-refractivity contribution >= 4 is 5.97 Å². The summed E-state index contributed by atoms with van der Waals surface area (Å²) < 4.78 is 0. The predicted octanol–water partition coefficient (Wildman–Crippen LogP) is 1.08. The number of carbonyl (C=O) groups is 1. The van der Waals surface area contributed by atoms with Gasteiger partial charge in [-0.05, 0) is 26.0 Å². The minimum atomic E-state index is -0.880. The molecule has 1 rings (SSSR count). The number of rotatable bonds is 5. The third kappa shape index (κ3) is 3.67. The summed E-state index contributed by atoms with van der Waals surface area (Å²) in [4.78, 5) is 14.9. The van der Waals surface area contributed by atoms with Crippen LogP contribution in [0.4, 0.5) is 0 Å². The monoisotopic (exact) mass is 208 g/mol. The molecular formula is C11H16N2O2. The second-order valence-corrected chi connectivity index (χ2v) is 3.93. The van der Waals surface area contributed by atoms with Gasteiger partial charge in [0.1, 0.15) is 5.54 Å². The molecule has 0 aliphatic rings. The molecule has 0 bridgehead atoms. The first-order valence-corrected chi connectivity index (χ1v) is 4.91. The maximum atomic E-state index is 10.8. The molecule has 0 saturated heterocycles. The van der Waals surface area contributed by atoms with Crippen LogP contribution in [-0.2, 0) is 11.2 Å². The third-order valence-electron chi connectivity index (χ3n) is 2.21. The Bertz CT molecular complexity index is 323. The number of carboxylic acids is 1. The Labute approximate surface area is 89.3 Å². The minimum absolute atomic E-state index is 0.607. The smallest absolute Gasteiger partial charge is 0.323 e. The lowest BCUT2D eigenvalue weighted by Crippen LogP contribution is -2.47. The second kappa shape index (κ2) is 4.89. The second-order valence-electron chi connectivity index (χ2n) is 3.93. The van der Waals surface area contributed by atoms with Gasteiger partial charge in [-0.3, -0.25) is 9.78 Å². The zero-order chi connectivity index (χ0) is 11.3. The third-order valence-corrected chi connectivity index (χ3v) is 2.21. The molecule has 0 fully saturated rings. The first-order chi connectivity index (χ1) is 7.02. The van der Waals surface area contributed by atoms with Gasteiger partial charge in [0.15, 0.2) is 0 Å². The molecular weight excluding hydrogens is 192 g/mol. The van der Waals surface area contributed by atoms with Crippen LogP contribution in [0.15, 0.2) is 24.4 Å². The van der Waals surface area contributed by atoms with Gasteiger partial charge in [0.05, 0.1) is 0 Å². The van der Waals surface area contributed by atoms with Crippen LogP contribution in [0, 0.1) is 0 Å². The molecule has 0 aliphatic carbocycles. The fourth-order valence-corrected chi connectivity index (χ4v) is 1.12. The van der Waals surface area contributed by atoms with Gasteiger partial charge in [-0.2, -0.15) is 0 Å². The highest BCUT2D eigenvalue weighted by atomic mass is 16.4. The van der Waals surface area contributed by atoms with Gasteiger partial charge in [0.2, 0.25) is 0 Å². The Kier molecular flexibility index (Phi) is 3.80. The number of nitrogens with zero attached hydrogens (tertiary/aromatic N) is 1. The van der Waals surface area contributed by atoms with E-state index in [-0.39, 0.29) is 0 Å². The van der Waals surface area contributed by atoms with E-state index in [0.717, 1.165) is 12.1 Å². The summed E-state index contributed by atoms with van der Waals surface area (Å²) in [6.45, 7) is 3.90. The number of hydrogen-bond acceptors (Lipinski definition) is 3. The van der Waals surface area contributed by atoms with Crippen molar-refractivity contribution in [3.8, 4) is 0 Å². The Hall–Kier alpha value is -1.42. The van der Waals surface area contributed by atoms with Crippen molar-refractivity contribution in [3.05, 3.63) is 30.1 Å². The van der Waals surface area contributed by atoms with E-state index >= 15 is 0 Å². The normalized spacial score (nSPS) is 11.3. The molecule has 0 unspecified atom stereocenters. The van der Waals surface area contributed by atoms with Crippen molar-refractivity contribution in [2.45, 2.75) is 25.8 Å². The van der Waals surface area contributed by atoms with Crippen molar-refractivity contribution in [1.29, 1.82) is 0 Å². The van der Waals surface area contributed by atoms with Gasteiger partial charge in [0, 0.05) is 24.9 Å². The summed E-state index contributed by atoms with van der Waals surface area (Å²) >= 11 is 0. The Morgan fingerprint density at radius 2 is 2.27 bits per heavy atom. The summed E-state index contributed by atoms with van der Waals surface area (Å²) in [5, 5.41) is 11.8. The van der Waals surface area contributed by atoms with Gasteiger partial charge < -0.3 is 10.4 Å². The topological polar surface area (TPSA) is 62.2 Å². The lowest BCUT2D eigenvalue weighted by Gasteiger charge is -2.20. The molecule has 0 aromatic carbocycles. The molecule has 1 heterocycles. The molecule has 1 aromatic rings. The van der Waals surface area contributed by atoms with Crippen LogP contribution in [0.5, 0.6) is 0 Å². The number of carboxylic acid groups (broad SMARTS) is 1. The van der Waals surface area contributed by atoms with Gasteiger partial charge >= 0.3 is 5.97 Å². The van der Waals surface area contributed by atoms with Crippen molar-refractivity contribution in [3.63, 3.8) is 0 Å². The quantitative estimate of drug-likeness (QED) is 0.760. The lowest BCUT2D eigenvalue weighted by atomic mass is 10.1. The number of aliphatic carboxylic acids is 1. The molecule has 0 aliphatic heterocycles. The molecule has 0 spiro atoms. The lowest BCUT2D eigenvalue weighted by molar-refractivity contribution is -0.143. The van der Waals surface area contributed by atoms with Crippen LogP contribution < -0.4 is 5.32 Å². The van der Waals surface area contributed by atoms with Gasteiger partial charge in [-0.1, -0.05) is 6.07 Å². The predicted molar refractivity (Wildman–Crippen MR) is 57.7 cm³/mol. The Morgan fingerprint density at radius 3 is 2.80 bits per heavy atom. The van der Waals surface area contributed by atoms with Crippen LogP contribution >= 0.6 is 0 Å². The van der Waals surface area contributed by atoms with Crippen LogP contribution in [0.2, 0.25) is 0 Å². The van der Waals surface area contributed by atoms with E-state index in [1.165, 1.54) is 0 Å². The summed E-state index contributed by atoms with van der Waals surface area (Å²) in [5.41, 5.74) is 0.0839. The maximum absolute atomic E-state index is 10.8. The molecule has 0 saturated carbocycles. The number of hydrogen-bond donors (Lipinski definition) is 2. The van der Waals surface area contributed by atoms with Crippen molar-refractivity contribution in [1.82, 2.24) is 10.3 Å². The van der Waals surface area contributed by atoms with E-state index in [1.54, 1.807) is 20.0 Å². The molecule has 0 radical (unpaired) electrons. The van der Waals surface area contributed by atoms with E-state index in [0.29, 0.717) is 6.54 Å². The molecule has 82 valence electrons.